The summed E-state index contributed by atoms with van der Waals surface area (Å²) in [7, 11) is -2.70. The number of nitrogens with zero attached hydrogens (tertiary/aromatic N) is 1. The maximum absolute atomic E-state index is 13.2. The van der Waals surface area contributed by atoms with Gasteiger partial charge in [0, 0.05) is 23.3 Å². The Morgan fingerprint density at radius 1 is 1.05 bits per heavy atom. The van der Waals surface area contributed by atoms with Gasteiger partial charge in [-0.3, -0.25) is 9.71 Å². The van der Waals surface area contributed by atoms with Gasteiger partial charge in [0.05, 0.1) is 5.52 Å². The third-order valence-electron chi connectivity index (χ3n) is 2.97. The predicted molar refractivity (Wildman–Crippen MR) is 82.2 cm³/mol. The van der Waals surface area contributed by atoms with Crippen LogP contribution < -0.4 is 9.46 Å². The highest BCUT2D eigenvalue weighted by atomic mass is 32.2. The highest BCUT2D eigenvalue weighted by Crippen LogP contribution is 2.29. The zero-order valence-corrected chi connectivity index (χ0v) is 12.1. The van der Waals surface area contributed by atoms with E-state index in [0.717, 1.165) is 0 Å². The minimum Gasteiger partial charge on any atom is -0.457 e. The van der Waals surface area contributed by atoms with Crippen LogP contribution in [-0.2, 0) is 10.9 Å². The van der Waals surface area contributed by atoms with Gasteiger partial charge < -0.3 is 4.74 Å². The Morgan fingerprint density at radius 2 is 1.82 bits per heavy atom. The van der Waals surface area contributed by atoms with Gasteiger partial charge in [-0.2, -0.15) is 0 Å². The lowest BCUT2D eigenvalue weighted by molar-refractivity contribution is 0.488. The summed E-state index contributed by atoms with van der Waals surface area (Å²) >= 11 is 0. The first kappa shape index (κ1) is 14.3. The molecule has 7 heteroatoms. The first-order chi connectivity index (χ1) is 10.6. The summed E-state index contributed by atoms with van der Waals surface area (Å²) in [4.78, 5) is 4.09. The minimum absolute atomic E-state index is 0.362. The van der Waals surface area contributed by atoms with Gasteiger partial charge in [0.2, 0.25) is 10.9 Å². The molecule has 0 saturated heterocycles. The number of rotatable bonds is 4. The van der Waals surface area contributed by atoms with Crippen molar-refractivity contribution in [2.75, 3.05) is 4.72 Å². The number of fused-ring (bicyclic) bond motifs is 1. The van der Waals surface area contributed by atoms with Crippen molar-refractivity contribution in [1.82, 2.24) is 4.98 Å². The smallest absolute Gasteiger partial charge is 0.222 e. The van der Waals surface area contributed by atoms with Crippen molar-refractivity contribution in [2.45, 2.75) is 0 Å². The second-order valence-electron chi connectivity index (χ2n) is 4.47. The van der Waals surface area contributed by atoms with Gasteiger partial charge in [-0.05, 0) is 42.5 Å². The van der Waals surface area contributed by atoms with Crippen LogP contribution in [0.4, 0.5) is 10.1 Å². The van der Waals surface area contributed by atoms with E-state index in [2.05, 4.69) is 9.71 Å². The van der Waals surface area contributed by atoms with Gasteiger partial charge in [0.25, 0.3) is 0 Å². The number of nitrogens with one attached hydrogen (secondary N) is 1. The minimum atomic E-state index is -2.70. The molecule has 3 aromatic rings. The van der Waals surface area contributed by atoms with Gasteiger partial charge in [-0.1, -0.05) is 0 Å². The molecule has 0 unspecified atom stereocenters. The fraction of sp³-hybridized carbons (Fsp3) is 0. The standard InChI is InChI=1S/C15H11FN2O3S/c16-10-1-6-13-14(9-10)17-8-7-15(13)21-12-4-2-11(3-5-12)18-22(19)20/h1-9,22H,(H,18,19,20). The van der Waals surface area contributed by atoms with Gasteiger partial charge in [0.15, 0.2) is 0 Å². The van der Waals surface area contributed by atoms with Crippen molar-refractivity contribution < 1.29 is 17.5 Å². The number of pyridine rings is 1. The van der Waals surface area contributed by atoms with Crippen molar-refractivity contribution in [3.63, 3.8) is 0 Å². The summed E-state index contributed by atoms with van der Waals surface area (Å²) in [5.74, 6) is 0.711. The average molecular weight is 318 g/mol. The number of halogens is 1. The molecule has 112 valence electrons. The topological polar surface area (TPSA) is 68.3 Å². The second-order valence-corrected chi connectivity index (χ2v) is 5.20. The number of hydrogen-bond acceptors (Lipinski definition) is 4. The first-order valence-corrected chi connectivity index (χ1v) is 7.53. The van der Waals surface area contributed by atoms with E-state index in [9.17, 15) is 12.8 Å². The summed E-state index contributed by atoms with van der Waals surface area (Å²) in [6.45, 7) is 0. The van der Waals surface area contributed by atoms with E-state index in [1.54, 1.807) is 36.4 Å². The van der Waals surface area contributed by atoms with Crippen LogP contribution in [0, 0.1) is 5.82 Å². The number of anilines is 1. The Balaban J connectivity index is 1.90. The van der Waals surface area contributed by atoms with E-state index in [0.29, 0.717) is 28.1 Å². The zero-order chi connectivity index (χ0) is 15.5. The van der Waals surface area contributed by atoms with Gasteiger partial charge in [-0.25, -0.2) is 12.8 Å². The lowest BCUT2D eigenvalue weighted by Gasteiger charge is -2.09. The van der Waals surface area contributed by atoms with Crippen molar-refractivity contribution >= 4 is 27.5 Å². The van der Waals surface area contributed by atoms with Gasteiger partial charge in [-0.15, -0.1) is 0 Å². The monoisotopic (exact) mass is 318 g/mol. The van der Waals surface area contributed by atoms with Crippen LogP contribution >= 0.6 is 0 Å². The maximum atomic E-state index is 13.2. The van der Waals surface area contributed by atoms with Crippen LogP contribution in [0.2, 0.25) is 0 Å². The van der Waals surface area contributed by atoms with Crippen LogP contribution in [0.5, 0.6) is 11.5 Å². The molecular weight excluding hydrogens is 307 g/mol. The first-order valence-electron chi connectivity index (χ1n) is 6.35. The van der Waals surface area contributed by atoms with Gasteiger partial charge >= 0.3 is 0 Å². The Labute approximate surface area is 127 Å². The molecule has 0 bridgehead atoms. The molecule has 0 aliphatic carbocycles. The fourth-order valence-electron chi connectivity index (χ4n) is 2.01. The Morgan fingerprint density at radius 3 is 2.55 bits per heavy atom. The summed E-state index contributed by atoms with van der Waals surface area (Å²) in [6, 6.07) is 12.4. The van der Waals surface area contributed by atoms with E-state index in [1.807, 2.05) is 0 Å². The Kier molecular flexibility index (Phi) is 3.88. The average Bonchev–Trinajstić information content (AvgIpc) is 2.48. The molecule has 3 rings (SSSR count). The number of aromatic nitrogens is 1. The molecule has 0 amide bonds. The van der Waals surface area contributed by atoms with Crippen molar-refractivity contribution in [3.05, 3.63) is 60.5 Å². The highest BCUT2D eigenvalue weighted by Gasteiger charge is 2.05. The predicted octanol–water partition coefficient (Wildman–Crippen LogP) is 3.10. The number of ether oxygens (including phenoxy) is 1. The third-order valence-corrected chi connectivity index (χ3v) is 3.41. The van der Waals surface area contributed by atoms with Gasteiger partial charge in [0.1, 0.15) is 17.3 Å². The lowest BCUT2D eigenvalue weighted by atomic mass is 10.2. The molecule has 1 heterocycles. The van der Waals surface area contributed by atoms with E-state index >= 15 is 0 Å². The quantitative estimate of drug-likeness (QED) is 0.725. The lowest BCUT2D eigenvalue weighted by Crippen LogP contribution is -1.94. The van der Waals surface area contributed by atoms with Crippen LogP contribution in [0.15, 0.2) is 54.7 Å². The molecule has 2 aromatic carbocycles. The summed E-state index contributed by atoms with van der Waals surface area (Å²) in [5, 5.41) is 0.689. The molecule has 5 nitrogen and oxygen atoms in total. The molecule has 22 heavy (non-hydrogen) atoms. The molecule has 0 aliphatic rings. The van der Waals surface area contributed by atoms with E-state index < -0.39 is 10.9 Å². The van der Waals surface area contributed by atoms with E-state index in [-0.39, 0.29) is 5.82 Å². The number of benzene rings is 2. The molecule has 1 aromatic heterocycles. The zero-order valence-electron chi connectivity index (χ0n) is 11.2. The van der Waals surface area contributed by atoms with Crippen molar-refractivity contribution in [3.8, 4) is 11.5 Å². The summed E-state index contributed by atoms with van der Waals surface area (Å²) in [6.07, 6.45) is 1.54. The third kappa shape index (κ3) is 3.15. The number of hydrogen-bond donors (Lipinski definition) is 2. The highest BCUT2D eigenvalue weighted by molar-refractivity contribution is 7.73. The number of thiol groups is 1. The molecule has 0 aliphatic heterocycles. The second kappa shape index (κ2) is 5.98. The molecule has 0 atom stereocenters. The summed E-state index contributed by atoms with van der Waals surface area (Å²) < 4.78 is 42.4. The largest absolute Gasteiger partial charge is 0.457 e. The van der Waals surface area contributed by atoms with Crippen LogP contribution in [0.25, 0.3) is 10.9 Å². The van der Waals surface area contributed by atoms with Crippen LogP contribution in [0.3, 0.4) is 0 Å². The molecule has 0 fully saturated rings. The summed E-state index contributed by atoms with van der Waals surface area (Å²) in [5.41, 5.74) is 0.948. The molecular formula is C15H11FN2O3S. The van der Waals surface area contributed by atoms with Crippen molar-refractivity contribution in [1.29, 1.82) is 0 Å². The van der Waals surface area contributed by atoms with Crippen LogP contribution in [-0.4, -0.2) is 13.4 Å². The van der Waals surface area contributed by atoms with Crippen LogP contribution in [0.1, 0.15) is 0 Å². The Bertz CT molecular complexity index is 887. The Hall–Kier alpha value is -2.67. The molecule has 0 radical (unpaired) electrons. The molecule has 1 N–H and O–H groups in total. The van der Waals surface area contributed by atoms with E-state index in [4.69, 9.17) is 4.74 Å². The van der Waals surface area contributed by atoms with E-state index in [1.165, 1.54) is 18.3 Å². The maximum Gasteiger partial charge on any atom is 0.222 e. The SMILES string of the molecule is O=[SH](=O)Nc1ccc(Oc2ccnc3cc(F)ccc23)cc1. The molecule has 0 spiro atoms. The molecule has 0 saturated carbocycles. The normalized spacial score (nSPS) is 10.8. The van der Waals surface area contributed by atoms with Crippen molar-refractivity contribution in [2.24, 2.45) is 0 Å². The fourth-order valence-corrected chi connectivity index (χ4v) is 2.37.